The quantitative estimate of drug-likeness (QED) is 0.272. The van der Waals surface area contributed by atoms with Crippen LogP contribution in [-0.2, 0) is 21.4 Å². The van der Waals surface area contributed by atoms with E-state index >= 15 is 0 Å². The van der Waals surface area contributed by atoms with E-state index in [4.69, 9.17) is 9.72 Å². The lowest BCUT2D eigenvalue weighted by molar-refractivity contribution is -0.152. The molecule has 1 heterocycles. The molecular formula is C31H44N4O2S. The molecule has 0 bridgehead atoms. The van der Waals surface area contributed by atoms with Gasteiger partial charge in [0.2, 0.25) is 5.13 Å². The van der Waals surface area contributed by atoms with Crippen LogP contribution in [0, 0.1) is 13.8 Å². The predicted molar refractivity (Wildman–Crippen MR) is 160 cm³/mol. The molecule has 2 aromatic carbocycles. The molecule has 0 fully saturated rings. The first-order chi connectivity index (χ1) is 17.7. The minimum absolute atomic E-state index is 0.0626. The molecule has 1 aromatic heterocycles. The van der Waals surface area contributed by atoms with Crippen molar-refractivity contribution >= 4 is 28.3 Å². The lowest BCUT2D eigenvalue weighted by atomic mass is 9.87. The molecule has 38 heavy (non-hydrogen) atoms. The largest absolute Gasteiger partial charge is 0.459 e. The maximum atomic E-state index is 13.0. The zero-order valence-electron chi connectivity index (χ0n) is 24.8. The van der Waals surface area contributed by atoms with Crippen molar-refractivity contribution in [1.82, 2.24) is 14.3 Å². The van der Waals surface area contributed by atoms with Gasteiger partial charge in [-0.2, -0.15) is 9.36 Å². The molecule has 7 heteroatoms. The van der Waals surface area contributed by atoms with Crippen molar-refractivity contribution in [3.8, 4) is 11.4 Å². The Kier molecular flexibility index (Phi) is 9.37. The summed E-state index contributed by atoms with van der Waals surface area (Å²) in [6, 6.07) is 12.8. The van der Waals surface area contributed by atoms with Crippen LogP contribution in [0.25, 0.3) is 11.4 Å². The van der Waals surface area contributed by atoms with Crippen molar-refractivity contribution in [3.05, 3.63) is 58.7 Å². The normalized spacial score (nSPS) is 12.2. The highest BCUT2D eigenvalue weighted by Gasteiger charge is 2.25. The highest BCUT2D eigenvalue weighted by atomic mass is 32.1. The van der Waals surface area contributed by atoms with Crippen LogP contribution in [-0.4, -0.2) is 52.5 Å². The van der Waals surface area contributed by atoms with Crippen molar-refractivity contribution in [2.75, 3.05) is 31.6 Å². The lowest BCUT2D eigenvalue weighted by Gasteiger charge is -2.26. The summed E-state index contributed by atoms with van der Waals surface area (Å²) in [5.74, 6) is 0.364. The fourth-order valence-electron chi connectivity index (χ4n) is 4.21. The number of aryl methyl sites for hydroxylation is 2. The molecule has 0 radical (unpaired) electrons. The monoisotopic (exact) mass is 536 g/mol. The van der Waals surface area contributed by atoms with Crippen LogP contribution < -0.4 is 4.90 Å². The summed E-state index contributed by atoms with van der Waals surface area (Å²) in [5, 5.41) is 0.673. The molecule has 206 valence electrons. The second-order valence-corrected chi connectivity index (χ2v) is 12.8. The summed E-state index contributed by atoms with van der Waals surface area (Å²) in [4.78, 5) is 22.1. The molecule has 3 aromatic rings. The van der Waals surface area contributed by atoms with Gasteiger partial charge in [0.05, 0.1) is 0 Å². The van der Waals surface area contributed by atoms with Crippen LogP contribution in [0.4, 0.5) is 10.8 Å². The Bertz CT molecular complexity index is 1240. The van der Waals surface area contributed by atoms with E-state index in [1.54, 1.807) is 0 Å². The van der Waals surface area contributed by atoms with E-state index < -0.39 is 5.60 Å². The van der Waals surface area contributed by atoms with Gasteiger partial charge >= 0.3 is 5.97 Å². The van der Waals surface area contributed by atoms with Crippen molar-refractivity contribution < 1.29 is 9.53 Å². The third-order valence-electron chi connectivity index (χ3n) is 6.61. The highest BCUT2D eigenvalue weighted by Crippen LogP contribution is 2.34. The number of hydrogen-bond donors (Lipinski definition) is 0. The third kappa shape index (κ3) is 7.87. The third-order valence-corrected chi connectivity index (χ3v) is 7.35. The van der Waals surface area contributed by atoms with Gasteiger partial charge in [-0.1, -0.05) is 58.0 Å². The van der Waals surface area contributed by atoms with Crippen LogP contribution in [0.5, 0.6) is 0 Å². The number of likely N-dealkylation sites (N-methyl/N-ethyl adjacent to an activating group) is 1. The van der Waals surface area contributed by atoms with Crippen molar-refractivity contribution in [1.29, 1.82) is 0 Å². The molecule has 0 spiro atoms. The van der Waals surface area contributed by atoms with Gasteiger partial charge in [0, 0.05) is 29.3 Å². The van der Waals surface area contributed by atoms with Crippen molar-refractivity contribution in [3.63, 3.8) is 0 Å². The standard InChI is InChI=1S/C31H44N4O2S/c1-11-34(10)17-16-24-18-22(3)26(19-21(24)2)35(20-27(36)37-31(7,8)9)29-32-28(33-38-29)23-12-14-25(15-13-23)30(4,5)6/h12-15,18-19H,11,16-17,20H2,1-10H3. The zero-order chi connectivity index (χ0) is 28.3. The SMILES string of the molecule is CCN(C)CCc1cc(C)c(N(CC(=O)OC(C)(C)C)c2nc(-c3ccc(C(C)(C)C)cc3)ns2)cc1C. The molecule has 0 N–H and O–H groups in total. The molecule has 0 atom stereocenters. The Balaban J connectivity index is 1.97. The van der Waals surface area contributed by atoms with Gasteiger partial charge in [0.15, 0.2) is 5.82 Å². The molecule has 0 amide bonds. The smallest absolute Gasteiger partial charge is 0.326 e. The van der Waals surface area contributed by atoms with Crippen LogP contribution >= 0.6 is 11.5 Å². The van der Waals surface area contributed by atoms with Crippen LogP contribution in [0.2, 0.25) is 0 Å². The van der Waals surface area contributed by atoms with Gasteiger partial charge in [-0.05, 0) is 88.4 Å². The van der Waals surface area contributed by atoms with Gasteiger partial charge in [0.1, 0.15) is 12.1 Å². The van der Waals surface area contributed by atoms with E-state index in [0.29, 0.717) is 11.0 Å². The topological polar surface area (TPSA) is 58.6 Å². The van der Waals surface area contributed by atoms with Gasteiger partial charge in [-0.15, -0.1) is 0 Å². The summed E-state index contributed by atoms with van der Waals surface area (Å²) >= 11 is 1.30. The molecule has 6 nitrogen and oxygen atoms in total. The summed E-state index contributed by atoms with van der Waals surface area (Å²) in [7, 11) is 2.14. The fraction of sp³-hybridized carbons (Fsp3) is 0.516. The number of carbonyl (C=O) groups is 1. The Morgan fingerprint density at radius 1 is 1.00 bits per heavy atom. The number of anilines is 2. The lowest BCUT2D eigenvalue weighted by Crippen LogP contribution is -2.33. The summed E-state index contributed by atoms with van der Waals surface area (Å²) in [5.41, 5.74) is 6.31. The number of benzene rings is 2. The molecule has 0 aliphatic heterocycles. The average molecular weight is 537 g/mol. The van der Waals surface area contributed by atoms with E-state index in [1.807, 2.05) is 25.7 Å². The number of esters is 1. The second-order valence-electron chi connectivity index (χ2n) is 12.1. The summed E-state index contributed by atoms with van der Waals surface area (Å²) < 4.78 is 10.4. The minimum Gasteiger partial charge on any atom is -0.459 e. The Morgan fingerprint density at radius 3 is 2.24 bits per heavy atom. The Hall–Kier alpha value is -2.77. The maximum absolute atomic E-state index is 13.0. The van der Waals surface area contributed by atoms with Gasteiger partial charge < -0.3 is 14.5 Å². The molecule has 0 aliphatic rings. The van der Waals surface area contributed by atoms with Crippen LogP contribution in [0.1, 0.15) is 70.7 Å². The number of carbonyl (C=O) groups excluding carboxylic acids is 1. The highest BCUT2D eigenvalue weighted by molar-refractivity contribution is 7.10. The van der Waals surface area contributed by atoms with Crippen LogP contribution in [0.15, 0.2) is 36.4 Å². The molecular weight excluding hydrogens is 492 g/mol. The van der Waals surface area contributed by atoms with E-state index in [0.717, 1.165) is 36.3 Å². The van der Waals surface area contributed by atoms with Crippen molar-refractivity contribution in [2.24, 2.45) is 0 Å². The Labute approximate surface area is 233 Å². The number of rotatable bonds is 9. The maximum Gasteiger partial charge on any atom is 0.326 e. The fourth-order valence-corrected chi connectivity index (χ4v) is 4.91. The number of nitrogens with zero attached hydrogens (tertiary/aromatic N) is 4. The number of ether oxygens (including phenoxy) is 1. The molecule has 0 aliphatic carbocycles. The Morgan fingerprint density at radius 2 is 1.66 bits per heavy atom. The summed E-state index contributed by atoms with van der Waals surface area (Å²) in [6.07, 6.45) is 0.983. The van der Waals surface area contributed by atoms with E-state index in [1.165, 1.54) is 28.2 Å². The minimum atomic E-state index is -0.566. The van der Waals surface area contributed by atoms with E-state index in [-0.39, 0.29) is 17.9 Å². The van der Waals surface area contributed by atoms with Gasteiger partial charge in [-0.25, -0.2) is 0 Å². The number of aromatic nitrogens is 2. The van der Waals surface area contributed by atoms with Gasteiger partial charge in [0.25, 0.3) is 0 Å². The molecule has 0 saturated heterocycles. The van der Waals surface area contributed by atoms with E-state index in [2.05, 4.69) is 94.3 Å². The van der Waals surface area contributed by atoms with E-state index in [9.17, 15) is 4.79 Å². The first-order valence-corrected chi connectivity index (χ1v) is 14.2. The predicted octanol–water partition coefficient (Wildman–Crippen LogP) is 7.09. The molecule has 0 unspecified atom stereocenters. The first kappa shape index (κ1) is 29.8. The summed E-state index contributed by atoms with van der Waals surface area (Å²) in [6.45, 7) is 20.8. The average Bonchev–Trinajstić information content (AvgIpc) is 3.31. The number of hydrogen-bond acceptors (Lipinski definition) is 7. The second kappa shape index (κ2) is 12.0. The van der Waals surface area contributed by atoms with Crippen LogP contribution in [0.3, 0.4) is 0 Å². The molecule has 3 rings (SSSR count). The van der Waals surface area contributed by atoms with Gasteiger partial charge in [-0.3, -0.25) is 4.79 Å². The van der Waals surface area contributed by atoms with Crippen molar-refractivity contribution in [2.45, 2.75) is 79.8 Å². The molecule has 0 saturated carbocycles. The first-order valence-electron chi connectivity index (χ1n) is 13.4. The zero-order valence-corrected chi connectivity index (χ0v) is 25.6.